The molecule has 0 radical (unpaired) electrons. The van der Waals surface area contributed by atoms with E-state index in [1.54, 1.807) is 12.4 Å². The molecule has 3 heterocycles. The topological polar surface area (TPSA) is 80.8 Å². The fourth-order valence-electron chi connectivity index (χ4n) is 3.39. The van der Waals surface area contributed by atoms with Crippen molar-refractivity contribution in [3.05, 3.63) is 41.5 Å². The van der Waals surface area contributed by atoms with Crippen LogP contribution in [0.1, 0.15) is 42.5 Å². The van der Waals surface area contributed by atoms with Crippen molar-refractivity contribution in [3.63, 3.8) is 0 Å². The van der Waals surface area contributed by atoms with Gasteiger partial charge in [-0.25, -0.2) is 14.8 Å². The number of hydrogen-bond acceptors (Lipinski definition) is 5. The van der Waals surface area contributed by atoms with Crippen molar-refractivity contribution in [2.45, 2.75) is 40.2 Å². The SMILES string of the molecule is CCc1c(C(=O)OC(C)C)ncc2nc3ccc4[nH]c(C)cnc4c3c12. The van der Waals surface area contributed by atoms with E-state index in [9.17, 15) is 4.79 Å². The summed E-state index contributed by atoms with van der Waals surface area (Å²) in [6.45, 7) is 7.64. The fraction of sp³-hybridized carbons (Fsp3) is 0.300. The number of nitrogens with one attached hydrogen (secondary N) is 1. The summed E-state index contributed by atoms with van der Waals surface area (Å²) in [5.74, 6) is -0.399. The van der Waals surface area contributed by atoms with E-state index in [0.717, 1.165) is 44.1 Å². The standard InChI is InChI=1S/C20H20N4O2/c1-5-12-16-15(9-22-18(12)20(25)26-10(2)3)24-13-6-7-14-19(17(13)16)21-8-11(4)23-14/h6-10,23H,5H2,1-4H3. The quantitative estimate of drug-likeness (QED) is 0.564. The molecule has 0 saturated heterocycles. The number of aromatic nitrogens is 4. The molecule has 4 rings (SSSR count). The van der Waals surface area contributed by atoms with Gasteiger partial charge in [-0.3, -0.25) is 4.98 Å². The van der Waals surface area contributed by atoms with Gasteiger partial charge in [0.1, 0.15) is 0 Å². The average Bonchev–Trinajstić information content (AvgIpc) is 2.98. The molecule has 26 heavy (non-hydrogen) atoms. The van der Waals surface area contributed by atoms with Crippen molar-refractivity contribution in [2.75, 3.05) is 0 Å². The maximum absolute atomic E-state index is 12.5. The lowest BCUT2D eigenvalue weighted by molar-refractivity contribution is 0.0370. The number of ether oxygens (including phenoxy) is 1. The fourth-order valence-corrected chi connectivity index (χ4v) is 3.39. The minimum absolute atomic E-state index is 0.195. The maximum Gasteiger partial charge on any atom is 0.357 e. The average molecular weight is 348 g/mol. The number of esters is 1. The van der Waals surface area contributed by atoms with E-state index in [4.69, 9.17) is 4.74 Å². The van der Waals surface area contributed by atoms with Crippen molar-refractivity contribution >= 4 is 38.8 Å². The Balaban J connectivity index is 2.10. The number of aryl methyl sites for hydroxylation is 2. The number of pyridine rings is 1. The van der Waals surface area contributed by atoms with Gasteiger partial charge in [-0.05, 0) is 44.9 Å². The highest BCUT2D eigenvalue weighted by molar-refractivity contribution is 6.20. The van der Waals surface area contributed by atoms with Gasteiger partial charge in [-0.2, -0.15) is 0 Å². The molecule has 1 aromatic carbocycles. The highest BCUT2D eigenvalue weighted by atomic mass is 16.5. The predicted octanol–water partition coefficient (Wildman–Crippen LogP) is 4.10. The molecule has 1 N–H and O–H groups in total. The number of carbonyl (C=O) groups excluding carboxylic acids is 1. The minimum Gasteiger partial charge on any atom is -0.458 e. The molecule has 6 heteroatoms. The van der Waals surface area contributed by atoms with Gasteiger partial charge in [0.15, 0.2) is 5.69 Å². The molecule has 0 amide bonds. The number of aromatic amines is 1. The summed E-state index contributed by atoms with van der Waals surface area (Å²) in [5, 5.41) is 1.88. The molecule has 0 saturated carbocycles. The Morgan fingerprint density at radius 1 is 1.15 bits per heavy atom. The van der Waals surface area contributed by atoms with Gasteiger partial charge in [0.05, 0.1) is 34.4 Å². The number of fused-ring (bicyclic) bond motifs is 5. The lowest BCUT2D eigenvalue weighted by Crippen LogP contribution is -2.15. The Kier molecular flexibility index (Phi) is 3.83. The molecule has 0 aliphatic rings. The number of rotatable bonds is 3. The molecule has 0 spiro atoms. The molecule has 0 unspecified atom stereocenters. The molecule has 0 aliphatic carbocycles. The molecule has 132 valence electrons. The highest BCUT2D eigenvalue weighted by Gasteiger charge is 2.21. The molecular weight excluding hydrogens is 328 g/mol. The van der Waals surface area contributed by atoms with Crippen LogP contribution in [0.25, 0.3) is 32.8 Å². The van der Waals surface area contributed by atoms with Crippen LogP contribution in [0, 0.1) is 6.92 Å². The number of benzene rings is 1. The first-order valence-corrected chi connectivity index (χ1v) is 8.76. The van der Waals surface area contributed by atoms with Crippen LogP contribution < -0.4 is 0 Å². The Labute approximate surface area is 150 Å². The van der Waals surface area contributed by atoms with Crippen LogP contribution in [0.5, 0.6) is 0 Å². The largest absolute Gasteiger partial charge is 0.458 e. The van der Waals surface area contributed by atoms with Crippen LogP contribution in [0.2, 0.25) is 0 Å². The van der Waals surface area contributed by atoms with Crippen molar-refractivity contribution in [1.82, 2.24) is 19.9 Å². The van der Waals surface area contributed by atoms with Crippen LogP contribution >= 0.6 is 0 Å². The zero-order valence-electron chi connectivity index (χ0n) is 15.3. The van der Waals surface area contributed by atoms with Crippen molar-refractivity contribution in [3.8, 4) is 0 Å². The molecule has 0 aliphatic heterocycles. The molecule has 0 atom stereocenters. The molecule has 0 bridgehead atoms. The number of nitrogens with zero attached hydrogens (tertiary/aromatic N) is 3. The van der Waals surface area contributed by atoms with Gasteiger partial charge in [-0.1, -0.05) is 6.92 Å². The maximum atomic E-state index is 12.5. The second-order valence-corrected chi connectivity index (χ2v) is 6.69. The van der Waals surface area contributed by atoms with Crippen LogP contribution in [-0.2, 0) is 11.2 Å². The summed E-state index contributed by atoms with van der Waals surface area (Å²) in [4.78, 5) is 29.5. The summed E-state index contributed by atoms with van der Waals surface area (Å²) in [6, 6.07) is 3.96. The first-order chi connectivity index (χ1) is 12.5. The third-order valence-electron chi connectivity index (χ3n) is 4.42. The van der Waals surface area contributed by atoms with E-state index >= 15 is 0 Å². The zero-order chi connectivity index (χ0) is 18.4. The summed E-state index contributed by atoms with van der Waals surface area (Å²) in [5.41, 5.74) is 5.61. The van der Waals surface area contributed by atoms with E-state index in [-0.39, 0.29) is 6.10 Å². The van der Waals surface area contributed by atoms with Gasteiger partial charge >= 0.3 is 5.97 Å². The lowest BCUT2D eigenvalue weighted by atomic mass is 10.0. The number of H-pyrrole nitrogens is 1. The third kappa shape index (κ3) is 2.49. The van der Waals surface area contributed by atoms with Crippen LogP contribution in [0.15, 0.2) is 24.5 Å². The van der Waals surface area contributed by atoms with E-state index in [2.05, 4.69) is 19.9 Å². The van der Waals surface area contributed by atoms with Crippen LogP contribution in [0.3, 0.4) is 0 Å². The van der Waals surface area contributed by atoms with Gasteiger partial charge in [0.2, 0.25) is 0 Å². The van der Waals surface area contributed by atoms with Crippen molar-refractivity contribution in [1.29, 1.82) is 0 Å². The van der Waals surface area contributed by atoms with Gasteiger partial charge in [0.25, 0.3) is 0 Å². The summed E-state index contributed by atoms with van der Waals surface area (Å²) in [7, 11) is 0. The summed E-state index contributed by atoms with van der Waals surface area (Å²) in [6.07, 6.45) is 3.91. The lowest BCUT2D eigenvalue weighted by Gasteiger charge is -2.11. The number of carbonyl (C=O) groups is 1. The molecule has 0 fully saturated rings. The normalized spacial score (nSPS) is 11.7. The van der Waals surface area contributed by atoms with Crippen LogP contribution in [-0.4, -0.2) is 32.0 Å². The van der Waals surface area contributed by atoms with E-state index in [1.165, 1.54) is 0 Å². The summed E-state index contributed by atoms with van der Waals surface area (Å²) < 4.78 is 5.38. The van der Waals surface area contributed by atoms with Crippen molar-refractivity contribution < 1.29 is 9.53 Å². The van der Waals surface area contributed by atoms with E-state index < -0.39 is 5.97 Å². The zero-order valence-corrected chi connectivity index (χ0v) is 15.3. The minimum atomic E-state index is -0.399. The molecule has 3 aromatic heterocycles. The first kappa shape index (κ1) is 16.4. The second-order valence-electron chi connectivity index (χ2n) is 6.69. The molecular formula is C20H20N4O2. The van der Waals surface area contributed by atoms with Gasteiger partial charge in [-0.15, -0.1) is 0 Å². The molecule has 6 nitrogen and oxygen atoms in total. The molecule has 4 aromatic rings. The predicted molar refractivity (Wildman–Crippen MR) is 101 cm³/mol. The second kappa shape index (κ2) is 6.05. The van der Waals surface area contributed by atoms with Gasteiger partial charge in [0, 0.05) is 22.7 Å². The Bertz CT molecular complexity index is 1160. The Morgan fingerprint density at radius 2 is 1.96 bits per heavy atom. The smallest absolute Gasteiger partial charge is 0.357 e. The van der Waals surface area contributed by atoms with Crippen LogP contribution in [0.4, 0.5) is 0 Å². The number of hydrogen-bond donors (Lipinski definition) is 1. The third-order valence-corrected chi connectivity index (χ3v) is 4.42. The van der Waals surface area contributed by atoms with Gasteiger partial charge < -0.3 is 9.72 Å². The summed E-state index contributed by atoms with van der Waals surface area (Å²) >= 11 is 0. The monoisotopic (exact) mass is 348 g/mol. The Hall–Kier alpha value is -3.02. The van der Waals surface area contributed by atoms with Crippen molar-refractivity contribution in [2.24, 2.45) is 0 Å². The van der Waals surface area contributed by atoms with E-state index in [0.29, 0.717) is 12.1 Å². The highest BCUT2D eigenvalue weighted by Crippen LogP contribution is 2.34. The first-order valence-electron chi connectivity index (χ1n) is 8.76. The Morgan fingerprint density at radius 3 is 2.69 bits per heavy atom. The van der Waals surface area contributed by atoms with E-state index in [1.807, 2.05) is 39.8 Å².